The van der Waals surface area contributed by atoms with Crippen molar-refractivity contribution in [2.45, 2.75) is 44.5 Å². The van der Waals surface area contributed by atoms with Crippen LogP contribution in [0.15, 0.2) is 36.7 Å². The number of pyridine rings is 1. The Morgan fingerprint density at radius 2 is 2.24 bits per heavy atom. The zero-order valence-corrected chi connectivity index (χ0v) is 19.2. The number of amides is 1. The van der Waals surface area contributed by atoms with E-state index < -0.39 is 17.7 Å². The lowest BCUT2D eigenvalue weighted by molar-refractivity contribution is -0.00177. The number of alkyl halides is 1. The molecule has 0 aliphatic carbocycles. The molecule has 0 bridgehead atoms. The fourth-order valence-corrected chi connectivity index (χ4v) is 3.87. The second kappa shape index (κ2) is 9.75. The lowest BCUT2D eigenvalue weighted by atomic mass is 10.0. The smallest absolute Gasteiger partial charge is 0.255 e. The molecule has 1 saturated heterocycles. The Morgan fingerprint density at radius 3 is 2.94 bits per heavy atom. The van der Waals surface area contributed by atoms with E-state index in [1.807, 2.05) is 12.1 Å². The molecule has 3 aromatic rings. The van der Waals surface area contributed by atoms with Gasteiger partial charge in [0.2, 0.25) is 0 Å². The summed E-state index contributed by atoms with van der Waals surface area (Å²) in [6.45, 7) is 4.12. The van der Waals surface area contributed by atoms with Crippen molar-refractivity contribution >= 4 is 17.1 Å². The van der Waals surface area contributed by atoms with Crippen LogP contribution in [-0.2, 0) is 0 Å². The summed E-state index contributed by atoms with van der Waals surface area (Å²) in [5.41, 5.74) is 1.84. The number of aliphatic hydroxyl groups is 1. The highest BCUT2D eigenvalue weighted by atomic mass is 19.1. The Balaban J connectivity index is 1.65. The minimum Gasteiger partial charge on any atom is -0.387 e. The van der Waals surface area contributed by atoms with Crippen LogP contribution in [0.4, 0.5) is 10.1 Å². The number of hydrogen-bond donors (Lipinski definition) is 4. The second-order valence-corrected chi connectivity index (χ2v) is 9.05. The van der Waals surface area contributed by atoms with Crippen molar-refractivity contribution in [3.05, 3.63) is 47.8 Å². The highest BCUT2D eigenvalue weighted by Crippen LogP contribution is 2.26. The molecule has 0 aromatic carbocycles. The van der Waals surface area contributed by atoms with E-state index in [-0.39, 0.29) is 18.2 Å². The van der Waals surface area contributed by atoms with Gasteiger partial charge in [0.05, 0.1) is 52.1 Å². The third kappa shape index (κ3) is 5.16. The lowest BCUT2D eigenvalue weighted by Gasteiger charge is -2.26. The van der Waals surface area contributed by atoms with Crippen molar-refractivity contribution in [3.63, 3.8) is 0 Å². The van der Waals surface area contributed by atoms with Crippen LogP contribution in [-0.4, -0.2) is 63.1 Å². The molecule has 0 spiro atoms. The van der Waals surface area contributed by atoms with E-state index >= 15 is 0 Å². The van der Waals surface area contributed by atoms with Crippen LogP contribution in [0, 0.1) is 11.3 Å². The van der Waals surface area contributed by atoms with Crippen LogP contribution in [0.2, 0.25) is 0 Å². The van der Waals surface area contributed by atoms with Gasteiger partial charge in [-0.3, -0.25) is 9.78 Å². The molecular weight excluding hydrogens is 437 g/mol. The van der Waals surface area contributed by atoms with Crippen LogP contribution >= 0.6 is 0 Å². The van der Waals surface area contributed by atoms with Crippen molar-refractivity contribution in [3.8, 4) is 17.5 Å². The summed E-state index contributed by atoms with van der Waals surface area (Å²) >= 11 is 0. The molecule has 1 amide bonds. The molecule has 0 radical (unpaired) electrons. The normalized spacial score (nSPS) is 17.2. The molecule has 1 fully saturated rings. The molecule has 2 atom stereocenters. The molecule has 178 valence electrons. The summed E-state index contributed by atoms with van der Waals surface area (Å²) in [5.74, 6) is -0.478. The summed E-state index contributed by atoms with van der Waals surface area (Å²) in [6.07, 6.45) is 3.30. The number of nitriles is 1. The number of rotatable bonds is 7. The van der Waals surface area contributed by atoms with Gasteiger partial charge >= 0.3 is 0 Å². The van der Waals surface area contributed by atoms with Gasteiger partial charge in [-0.15, -0.1) is 0 Å². The molecular formula is C24H28FN7O2. The number of piperidine rings is 1. The number of carbonyl (C=O) groups is 1. The van der Waals surface area contributed by atoms with Gasteiger partial charge in [0.1, 0.15) is 12.2 Å². The fourth-order valence-electron chi connectivity index (χ4n) is 3.87. The van der Waals surface area contributed by atoms with Gasteiger partial charge < -0.3 is 21.1 Å². The van der Waals surface area contributed by atoms with Gasteiger partial charge in [0.15, 0.2) is 0 Å². The molecule has 1 aliphatic rings. The van der Waals surface area contributed by atoms with Gasteiger partial charge in [0.25, 0.3) is 5.91 Å². The van der Waals surface area contributed by atoms with Crippen LogP contribution in [0.5, 0.6) is 0 Å². The van der Waals surface area contributed by atoms with Crippen molar-refractivity contribution in [1.29, 1.82) is 5.26 Å². The van der Waals surface area contributed by atoms with E-state index in [0.717, 1.165) is 31.4 Å². The average molecular weight is 466 g/mol. The van der Waals surface area contributed by atoms with Gasteiger partial charge in [0, 0.05) is 18.8 Å². The number of hydrogen-bond acceptors (Lipinski definition) is 7. The molecule has 3 aromatic heterocycles. The molecule has 0 unspecified atom stereocenters. The number of nitrogens with zero attached hydrogens (tertiary/aromatic N) is 4. The first-order valence-corrected chi connectivity index (χ1v) is 11.3. The maximum absolute atomic E-state index is 14.2. The highest BCUT2D eigenvalue weighted by molar-refractivity contribution is 6.00. The fraction of sp³-hybridized carbons (Fsp3) is 0.417. The van der Waals surface area contributed by atoms with Gasteiger partial charge in [-0.05, 0) is 57.5 Å². The molecule has 0 saturated carbocycles. The quantitative estimate of drug-likeness (QED) is 0.421. The number of aromatic nitrogens is 3. The first-order valence-electron chi connectivity index (χ1n) is 11.3. The Bertz CT molecular complexity index is 1220. The van der Waals surface area contributed by atoms with Crippen molar-refractivity contribution in [2.75, 3.05) is 25.0 Å². The number of anilines is 1. The van der Waals surface area contributed by atoms with Crippen LogP contribution < -0.4 is 16.0 Å². The summed E-state index contributed by atoms with van der Waals surface area (Å²) in [4.78, 5) is 17.4. The molecule has 4 rings (SSSR count). The minimum absolute atomic E-state index is 0.126. The predicted molar refractivity (Wildman–Crippen MR) is 126 cm³/mol. The average Bonchev–Trinajstić information content (AvgIpc) is 3.25. The first-order chi connectivity index (χ1) is 16.3. The zero-order valence-electron chi connectivity index (χ0n) is 19.2. The predicted octanol–water partition coefficient (Wildman–Crippen LogP) is 2.27. The molecule has 4 heterocycles. The van der Waals surface area contributed by atoms with Gasteiger partial charge in [-0.1, -0.05) is 0 Å². The van der Waals surface area contributed by atoms with Gasteiger partial charge in [-0.25, -0.2) is 8.91 Å². The van der Waals surface area contributed by atoms with Crippen LogP contribution in [0.25, 0.3) is 16.9 Å². The van der Waals surface area contributed by atoms with Crippen LogP contribution in [0.1, 0.15) is 42.6 Å². The summed E-state index contributed by atoms with van der Waals surface area (Å²) in [5, 5.41) is 32.6. The van der Waals surface area contributed by atoms with E-state index in [0.29, 0.717) is 22.6 Å². The highest BCUT2D eigenvalue weighted by Gasteiger charge is 2.27. The minimum atomic E-state index is -1.61. The number of carbonyl (C=O) groups excluding carboxylic acids is 1. The molecule has 34 heavy (non-hydrogen) atoms. The lowest BCUT2D eigenvalue weighted by Crippen LogP contribution is -2.42. The topological polar surface area (TPSA) is 127 Å². The third-order valence-electron chi connectivity index (χ3n) is 5.91. The Morgan fingerprint density at radius 1 is 1.41 bits per heavy atom. The number of nitrogens with one attached hydrogen (secondary N) is 3. The van der Waals surface area contributed by atoms with Crippen LogP contribution in [0.3, 0.4) is 0 Å². The molecule has 4 N–H and O–H groups in total. The van der Waals surface area contributed by atoms with E-state index in [1.165, 1.54) is 26.2 Å². The Hall–Kier alpha value is -3.55. The van der Waals surface area contributed by atoms with Crippen molar-refractivity contribution in [1.82, 2.24) is 25.2 Å². The monoisotopic (exact) mass is 465 g/mol. The standard InChI is InChI=1S/C24H28FN7O2/c1-24(2,34)22(25)14-29-23(33)18-13-28-20(9-19(18)31-16-4-3-7-27-12-16)21-6-5-17-8-15(10-26)11-30-32(17)21/h5-6,8-9,11,13,16,22,27,34H,3-4,7,12,14H2,1-2H3,(H,28,31)(H,29,33)/t16-,22+/m0/s1. The van der Waals surface area contributed by atoms with E-state index in [9.17, 15) is 14.3 Å². The van der Waals surface area contributed by atoms with E-state index in [1.54, 1.807) is 16.6 Å². The van der Waals surface area contributed by atoms with Crippen molar-refractivity contribution in [2.24, 2.45) is 0 Å². The number of fused-ring (bicyclic) bond motifs is 1. The SMILES string of the molecule is CC(C)(O)[C@H](F)CNC(=O)c1cnc(-c2ccc3cc(C#N)cnn23)cc1N[C@H]1CCCNC1. The number of halogens is 1. The van der Waals surface area contributed by atoms with E-state index in [4.69, 9.17) is 5.26 Å². The molecule has 9 nitrogen and oxygen atoms in total. The summed E-state index contributed by atoms with van der Waals surface area (Å²) in [7, 11) is 0. The Labute approximate surface area is 197 Å². The Kier molecular flexibility index (Phi) is 6.77. The van der Waals surface area contributed by atoms with Crippen molar-refractivity contribution < 1.29 is 14.3 Å². The molecule has 1 aliphatic heterocycles. The summed E-state index contributed by atoms with van der Waals surface area (Å²) in [6, 6.07) is 9.43. The third-order valence-corrected chi connectivity index (χ3v) is 5.91. The maximum Gasteiger partial charge on any atom is 0.255 e. The van der Waals surface area contributed by atoms with E-state index in [2.05, 4.69) is 32.1 Å². The molecule has 10 heteroatoms. The maximum atomic E-state index is 14.2. The zero-order chi connectivity index (χ0) is 24.3. The second-order valence-electron chi connectivity index (χ2n) is 9.05. The first kappa shape index (κ1) is 23.6. The summed E-state index contributed by atoms with van der Waals surface area (Å²) < 4.78 is 15.9. The van der Waals surface area contributed by atoms with Gasteiger partial charge in [-0.2, -0.15) is 10.4 Å². The largest absolute Gasteiger partial charge is 0.387 e.